The van der Waals surface area contributed by atoms with Gasteiger partial charge in [0.15, 0.2) is 0 Å². The third-order valence-corrected chi connectivity index (χ3v) is 7.10. The number of unbranched alkanes of at least 4 members (excludes halogenated alkanes) is 4. The maximum Gasteiger partial charge on any atom is 0.317 e. The van der Waals surface area contributed by atoms with Crippen LogP contribution in [-0.2, 0) is 33.8 Å². The van der Waals surface area contributed by atoms with Gasteiger partial charge in [-0.3, -0.25) is 4.18 Å². The van der Waals surface area contributed by atoms with Gasteiger partial charge in [-0.25, -0.2) is 4.79 Å². The Morgan fingerprint density at radius 3 is 2.19 bits per heavy atom. The molecule has 2 aromatic carbocycles. The van der Waals surface area contributed by atoms with E-state index in [4.69, 9.17) is 4.18 Å². The van der Waals surface area contributed by atoms with Crippen molar-refractivity contribution < 1.29 is 17.4 Å². The molecule has 0 aliphatic carbocycles. The second-order valence-corrected chi connectivity index (χ2v) is 11.4. The largest absolute Gasteiger partial charge is 0.334 e. The molecular weight excluding hydrogens is 472 g/mol. The van der Waals surface area contributed by atoms with Crippen LogP contribution >= 0.6 is 0 Å². The molecule has 0 aliphatic rings. The zero-order valence-corrected chi connectivity index (χ0v) is 23.5. The molecule has 0 aliphatic heterocycles. The van der Waals surface area contributed by atoms with Gasteiger partial charge in [-0.15, -0.1) is 0 Å². The number of urea groups is 1. The monoisotopic (exact) mass is 516 g/mol. The zero-order chi connectivity index (χ0) is 26.6. The first kappa shape index (κ1) is 29.8. The molecule has 0 spiro atoms. The van der Waals surface area contributed by atoms with Crippen molar-refractivity contribution in [2.24, 2.45) is 0 Å². The lowest BCUT2D eigenvalue weighted by Crippen LogP contribution is -2.39. The maximum atomic E-state index is 13.2. The molecule has 0 aromatic heterocycles. The number of hydrogen-bond acceptors (Lipinski definition) is 4. The van der Waals surface area contributed by atoms with Crippen LogP contribution in [0, 0.1) is 20.8 Å². The normalized spacial score (nSPS) is 11.5. The van der Waals surface area contributed by atoms with Crippen LogP contribution in [-0.4, -0.2) is 38.8 Å². The zero-order valence-electron chi connectivity index (χ0n) is 22.7. The Bertz CT molecular complexity index is 1070. The number of aryl methyl sites for hydroxylation is 4. The summed E-state index contributed by atoms with van der Waals surface area (Å²) in [6, 6.07) is 12.8. The van der Waals surface area contributed by atoms with E-state index >= 15 is 0 Å². The van der Waals surface area contributed by atoms with Crippen LogP contribution in [0.5, 0.6) is 0 Å². The molecule has 2 rings (SSSR count). The Morgan fingerprint density at radius 1 is 0.889 bits per heavy atom. The highest BCUT2D eigenvalue weighted by atomic mass is 32.2. The molecule has 6 nitrogen and oxygen atoms in total. The fraction of sp³-hybridized carbons (Fsp3) is 0.552. The fourth-order valence-electron chi connectivity index (χ4n) is 4.13. The van der Waals surface area contributed by atoms with Gasteiger partial charge in [0.1, 0.15) is 0 Å². The van der Waals surface area contributed by atoms with Crippen LogP contribution in [0.15, 0.2) is 36.4 Å². The van der Waals surface area contributed by atoms with Crippen LogP contribution in [0.3, 0.4) is 0 Å². The van der Waals surface area contributed by atoms with Crippen molar-refractivity contribution in [3.8, 4) is 0 Å². The molecule has 200 valence electrons. The molecule has 0 unspecified atom stereocenters. The summed E-state index contributed by atoms with van der Waals surface area (Å²) in [6.07, 6.45) is 7.81. The molecule has 0 heterocycles. The number of amides is 2. The topological polar surface area (TPSA) is 75.7 Å². The first-order chi connectivity index (χ1) is 17.1. The predicted octanol–water partition coefficient (Wildman–Crippen LogP) is 6.20. The number of nitrogens with one attached hydrogen (secondary N) is 1. The van der Waals surface area contributed by atoms with E-state index in [-0.39, 0.29) is 12.6 Å². The molecule has 2 aromatic rings. The van der Waals surface area contributed by atoms with Gasteiger partial charge in [0, 0.05) is 19.6 Å². The minimum atomic E-state index is -3.38. The molecule has 36 heavy (non-hydrogen) atoms. The van der Waals surface area contributed by atoms with Gasteiger partial charge in [-0.2, -0.15) is 8.42 Å². The number of hydrogen-bond donors (Lipinski definition) is 1. The smallest absolute Gasteiger partial charge is 0.317 e. The fourth-order valence-corrected chi connectivity index (χ4v) is 4.55. The summed E-state index contributed by atoms with van der Waals surface area (Å²) in [7, 11) is -3.38. The molecule has 7 heteroatoms. The predicted molar refractivity (Wildman–Crippen MR) is 148 cm³/mol. The van der Waals surface area contributed by atoms with E-state index in [9.17, 15) is 13.2 Å². The van der Waals surface area contributed by atoms with Gasteiger partial charge in [0.25, 0.3) is 10.1 Å². The van der Waals surface area contributed by atoms with E-state index in [1.165, 1.54) is 35.1 Å². The van der Waals surface area contributed by atoms with Crippen molar-refractivity contribution in [2.75, 3.05) is 19.4 Å². The first-order valence-corrected chi connectivity index (χ1v) is 14.9. The van der Waals surface area contributed by atoms with E-state index in [0.29, 0.717) is 26.1 Å². The number of benzene rings is 2. The number of carbonyl (C=O) groups is 1. The molecule has 0 radical (unpaired) electrons. The Balaban J connectivity index is 1.96. The van der Waals surface area contributed by atoms with Crippen molar-refractivity contribution in [1.82, 2.24) is 10.2 Å². The quantitative estimate of drug-likeness (QED) is 0.226. The Kier molecular flexibility index (Phi) is 12.4. The summed E-state index contributed by atoms with van der Waals surface area (Å²) in [5.74, 6) is 0. The number of rotatable bonds is 15. The van der Waals surface area contributed by atoms with Gasteiger partial charge < -0.3 is 10.2 Å². The molecule has 0 saturated heterocycles. The average Bonchev–Trinajstić information content (AvgIpc) is 2.82. The molecule has 0 fully saturated rings. The molecule has 0 saturated carbocycles. The highest BCUT2D eigenvalue weighted by Gasteiger charge is 2.15. The van der Waals surface area contributed by atoms with Crippen molar-refractivity contribution in [1.29, 1.82) is 0 Å². The van der Waals surface area contributed by atoms with Crippen LogP contribution < -0.4 is 5.32 Å². The van der Waals surface area contributed by atoms with Crippen LogP contribution in [0.25, 0.3) is 0 Å². The standard InChI is InChI=1S/C29H44N2O4S/c1-6-7-12-26-13-15-27(16-14-26)22-31(17-10-8-9-11-18-35-36(5,33)34)29(32)30-21-28-20-24(3)23(2)19-25(28)4/h13-16,19-20H,6-12,17-18,21-22H2,1-5H3,(H,30,32). The highest BCUT2D eigenvalue weighted by Crippen LogP contribution is 2.16. The van der Waals surface area contributed by atoms with Crippen LogP contribution in [0.2, 0.25) is 0 Å². The Hall–Kier alpha value is -2.38. The van der Waals surface area contributed by atoms with E-state index in [0.717, 1.165) is 43.1 Å². The van der Waals surface area contributed by atoms with Gasteiger partial charge in [-0.05, 0) is 79.8 Å². The van der Waals surface area contributed by atoms with Crippen molar-refractivity contribution in [2.45, 2.75) is 85.7 Å². The van der Waals surface area contributed by atoms with Crippen molar-refractivity contribution >= 4 is 16.1 Å². The van der Waals surface area contributed by atoms with Crippen LogP contribution in [0.1, 0.15) is 78.8 Å². The molecule has 2 amide bonds. The molecule has 0 bridgehead atoms. The lowest BCUT2D eigenvalue weighted by Gasteiger charge is -2.24. The highest BCUT2D eigenvalue weighted by molar-refractivity contribution is 7.85. The van der Waals surface area contributed by atoms with E-state index in [2.05, 4.69) is 69.4 Å². The van der Waals surface area contributed by atoms with Crippen molar-refractivity contribution in [3.63, 3.8) is 0 Å². The Morgan fingerprint density at radius 2 is 1.53 bits per heavy atom. The average molecular weight is 517 g/mol. The summed E-state index contributed by atoms with van der Waals surface area (Å²) in [6.45, 7) is 10.4. The first-order valence-electron chi connectivity index (χ1n) is 13.1. The molecule has 1 N–H and O–H groups in total. The summed E-state index contributed by atoms with van der Waals surface area (Å²) < 4.78 is 27.0. The third kappa shape index (κ3) is 11.1. The lowest BCUT2D eigenvalue weighted by atomic mass is 10.0. The second-order valence-electron chi connectivity index (χ2n) is 9.80. The minimum Gasteiger partial charge on any atom is -0.334 e. The summed E-state index contributed by atoms with van der Waals surface area (Å²) >= 11 is 0. The molecular formula is C29H44N2O4S. The maximum absolute atomic E-state index is 13.2. The lowest BCUT2D eigenvalue weighted by molar-refractivity contribution is 0.193. The summed E-state index contributed by atoms with van der Waals surface area (Å²) in [4.78, 5) is 15.1. The number of nitrogens with zero attached hydrogens (tertiary/aromatic N) is 1. The Labute approximate surface area is 218 Å². The van der Waals surface area contributed by atoms with Gasteiger partial charge in [-0.1, -0.05) is 62.6 Å². The second kappa shape index (κ2) is 15.0. The van der Waals surface area contributed by atoms with Gasteiger partial charge in [0.2, 0.25) is 0 Å². The molecule has 0 atom stereocenters. The van der Waals surface area contributed by atoms with Crippen LogP contribution in [0.4, 0.5) is 4.79 Å². The van der Waals surface area contributed by atoms with E-state index < -0.39 is 10.1 Å². The summed E-state index contributed by atoms with van der Waals surface area (Å²) in [5.41, 5.74) is 7.26. The summed E-state index contributed by atoms with van der Waals surface area (Å²) in [5, 5.41) is 3.12. The van der Waals surface area contributed by atoms with E-state index in [1.54, 1.807) is 0 Å². The van der Waals surface area contributed by atoms with Crippen molar-refractivity contribution in [3.05, 3.63) is 69.8 Å². The third-order valence-electron chi connectivity index (χ3n) is 6.50. The van der Waals surface area contributed by atoms with E-state index in [1.807, 2.05) is 4.90 Å². The number of carbonyl (C=O) groups excluding carboxylic acids is 1. The van der Waals surface area contributed by atoms with Gasteiger partial charge in [0.05, 0.1) is 12.9 Å². The SMILES string of the molecule is CCCCc1ccc(CN(CCCCCCOS(C)(=O)=O)C(=O)NCc2cc(C)c(C)cc2C)cc1. The van der Waals surface area contributed by atoms with Gasteiger partial charge >= 0.3 is 6.03 Å². The minimum absolute atomic E-state index is 0.0666.